The number of ether oxygens (including phenoxy) is 2. The number of carbonyl (C=O) groups is 1. The molecule has 1 saturated heterocycles. The average Bonchev–Trinajstić information content (AvgIpc) is 3.40. The quantitative estimate of drug-likeness (QED) is 0.0577. The zero-order chi connectivity index (χ0) is 38.0. The first-order valence-corrected chi connectivity index (χ1v) is 18.6. The molecule has 1 fully saturated rings. The SMILES string of the molecule is CCCOCC.COc1ccc(N(N)/C=N\N)cc1C(=O)N(C)CC(CCN1CCCN(C(C)=Nc2ccccc2C)CC1)c1ccc(Cl)c(Cl)c1. The van der Waals surface area contributed by atoms with Gasteiger partial charge >= 0.3 is 0 Å². The number of carbonyl (C=O) groups excluding carboxylic acids is 1. The van der Waals surface area contributed by atoms with Crippen LogP contribution >= 0.6 is 23.2 Å². The standard InChI is InChI=1S/C34H44Cl2N8O2.C5H12O/c1-24-8-5-6-9-32(24)40-25(2)43-16-7-15-42(18-19-43)17-14-27(26-10-12-30(35)31(36)20-26)22-41(3)34(45)29-21-28(44(38)23-39-37)11-13-33(29)46-4;1-3-5-6-4-2/h5-6,8-13,20-21,23,27H,7,14-19,22,37-38H2,1-4H3;3-5H2,1-2H3/b39-23-,40-25?;. The number of hydrazone groups is 1. The van der Waals surface area contributed by atoms with Gasteiger partial charge in [0.05, 0.1) is 34.1 Å². The molecule has 4 N–H and O–H groups in total. The van der Waals surface area contributed by atoms with Gasteiger partial charge in [0.1, 0.15) is 17.9 Å². The van der Waals surface area contributed by atoms with Crippen molar-refractivity contribution in [3.05, 3.63) is 87.4 Å². The number of benzene rings is 3. The second kappa shape index (κ2) is 22.3. The first-order chi connectivity index (χ1) is 25.0. The Bertz CT molecular complexity index is 1620. The van der Waals surface area contributed by atoms with E-state index in [0.29, 0.717) is 33.6 Å². The number of nitrogens with zero attached hydrogens (tertiary/aromatic N) is 6. The van der Waals surface area contributed by atoms with Crippen LogP contribution in [0.1, 0.15) is 67.4 Å². The largest absolute Gasteiger partial charge is 0.496 e. The minimum absolute atomic E-state index is 0.0111. The molecule has 0 aliphatic carbocycles. The highest BCUT2D eigenvalue weighted by Gasteiger charge is 2.24. The molecule has 0 saturated carbocycles. The maximum Gasteiger partial charge on any atom is 0.257 e. The number of amidine groups is 1. The van der Waals surface area contributed by atoms with Crippen molar-refractivity contribution in [2.24, 2.45) is 21.8 Å². The summed E-state index contributed by atoms with van der Waals surface area (Å²) in [5, 5.41) is 5.70. The summed E-state index contributed by atoms with van der Waals surface area (Å²) in [7, 11) is 3.32. The number of halogens is 2. The van der Waals surface area contributed by atoms with E-state index in [1.54, 1.807) is 30.1 Å². The van der Waals surface area contributed by atoms with Crippen LogP contribution in [0.15, 0.2) is 70.8 Å². The molecule has 1 heterocycles. The highest BCUT2D eigenvalue weighted by atomic mass is 35.5. The molecule has 13 heteroatoms. The van der Waals surface area contributed by atoms with Crippen molar-refractivity contribution in [3.8, 4) is 5.75 Å². The smallest absolute Gasteiger partial charge is 0.257 e. The molecular weight excluding hydrogens is 699 g/mol. The van der Waals surface area contributed by atoms with Gasteiger partial charge in [0.25, 0.3) is 5.91 Å². The molecule has 0 bridgehead atoms. The summed E-state index contributed by atoms with van der Waals surface area (Å²) in [6.45, 7) is 15.2. The van der Waals surface area contributed by atoms with Crippen molar-refractivity contribution in [1.82, 2.24) is 14.7 Å². The van der Waals surface area contributed by atoms with Gasteiger partial charge in [-0.05, 0) is 101 Å². The van der Waals surface area contributed by atoms with Crippen LogP contribution in [-0.4, -0.2) is 99.4 Å². The Kier molecular flexibility index (Phi) is 18.2. The van der Waals surface area contributed by atoms with Gasteiger partial charge < -0.3 is 30.0 Å². The summed E-state index contributed by atoms with van der Waals surface area (Å²) >= 11 is 12.7. The van der Waals surface area contributed by atoms with Crippen molar-refractivity contribution in [2.75, 3.05) is 71.6 Å². The first kappa shape index (κ1) is 42.5. The molecule has 284 valence electrons. The highest BCUT2D eigenvalue weighted by Crippen LogP contribution is 2.31. The molecule has 1 amide bonds. The molecule has 1 aliphatic heterocycles. The topological polar surface area (TPSA) is 125 Å². The van der Waals surface area contributed by atoms with E-state index in [2.05, 4.69) is 47.8 Å². The first-order valence-electron chi connectivity index (χ1n) is 17.8. The Morgan fingerprint density at radius 3 is 2.46 bits per heavy atom. The number of hydrazine groups is 1. The lowest BCUT2D eigenvalue weighted by Gasteiger charge is -2.28. The van der Waals surface area contributed by atoms with Crippen molar-refractivity contribution >= 4 is 52.7 Å². The van der Waals surface area contributed by atoms with Gasteiger partial charge in [-0.25, -0.2) is 10.8 Å². The Morgan fingerprint density at radius 2 is 1.81 bits per heavy atom. The van der Waals surface area contributed by atoms with E-state index in [9.17, 15) is 4.79 Å². The number of methoxy groups -OCH3 is 1. The third-order valence-electron chi connectivity index (χ3n) is 8.95. The maximum absolute atomic E-state index is 13.8. The van der Waals surface area contributed by atoms with Gasteiger partial charge in [-0.3, -0.25) is 9.80 Å². The Hall–Kier alpha value is -3.87. The Morgan fingerprint density at radius 1 is 1.04 bits per heavy atom. The van der Waals surface area contributed by atoms with E-state index in [1.807, 2.05) is 37.3 Å². The molecule has 0 aromatic heterocycles. The third-order valence-corrected chi connectivity index (χ3v) is 9.69. The van der Waals surface area contributed by atoms with Crippen LogP contribution in [-0.2, 0) is 4.74 Å². The summed E-state index contributed by atoms with van der Waals surface area (Å²) in [6.07, 6.45) is 4.26. The molecule has 3 aromatic rings. The number of para-hydroxylation sites is 1. The molecule has 1 atom stereocenters. The fourth-order valence-corrected chi connectivity index (χ4v) is 6.30. The van der Waals surface area contributed by atoms with Gasteiger partial charge in [-0.2, -0.15) is 5.10 Å². The molecule has 0 radical (unpaired) electrons. The van der Waals surface area contributed by atoms with E-state index < -0.39 is 0 Å². The Labute approximate surface area is 320 Å². The van der Waals surface area contributed by atoms with Crippen LogP contribution in [0.25, 0.3) is 0 Å². The monoisotopic (exact) mass is 754 g/mol. The van der Waals surface area contributed by atoms with Gasteiger partial charge in [0.2, 0.25) is 0 Å². The molecule has 52 heavy (non-hydrogen) atoms. The van der Waals surface area contributed by atoms with Crippen LogP contribution < -0.4 is 21.4 Å². The lowest BCUT2D eigenvalue weighted by molar-refractivity contribution is 0.0779. The average molecular weight is 756 g/mol. The number of anilines is 1. The minimum atomic E-state index is -0.198. The van der Waals surface area contributed by atoms with E-state index in [-0.39, 0.29) is 11.8 Å². The lowest BCUT2D eigenvalue weighted by atomic mass is 9.94. The fourth-order valence-electron chi connectivity index (χ4n) is 5.99. The van der Waals surface area contributed by atoms with Gasteiger partial charge in [-0.1, -0.05) is 54.4 Å². The normalized spacial score (nSPS) is 14.4. The molecule has 1 aliphatic rings. The number of likely N-dealkylation sites (N-methyl/N-ethyl adjacent to an activating group) is 1. The minimum Gasteiger partial charge on any atom is -0.496 e. The fraction of sp³-hybridized carbons (Fsp3) is 0.462. The van der Waals surface area contributed by atoms with E-state index >= 15 is 0 Å². The summed E-state index contributed by atoms with van der Waals surface area (Å²) in [5.41, 5.74) is 4.13. The number of aliphatic imine (C=N–C) groups is 1. The summed E-state index contributed by atoms with van der Waals surface area (Å²) in [4.78, 5) is 25.3. The number of rotatable bonds is 14. The molecule has 11 nitrogen and oxygen atoms in total. The van der Waals surface area contributed by atoms with Gasteiger partial charge in [-0.15, -0.1) is 0 Å². The number of hydrogen-bond donors (Lipinski definition) is 2. The van der Waals surface area contributed by atoms with E-state index in [1.165, 1.54) is 24.0 Å². The van der Waals surface area contributed by atoms with E-state index in [4.69, 9.17) is 49.4 Å². The predicted molar refractivity (Wildman–Crippen MR) is 216 cm³/mol. The Balaban J connectivity index is 0.00000112. The zero-order valence-electron chi connectivity index (χ0n) is 31.5. The van der Waals surface area contributed by atoms with Crippen molar-refractivity contribution in [3.63, 3.8) is 0 Å². The van der Waals surface area contributed by atoms with Crippen LogP contribution in [0.5, 0.6) is 5.75 Å². The second-order valence-electron chi connectivity index (χ2n) is 12.7. The van der Waals surface area contributed by atoms with Crippen LogP contribution in [0.3, 0.4) is 0 Å². The van der Waals surface area contributed by atoms with Crippen LogP contribution in [0.2, 0.25) is 10.0 Å². The van der Waals surface area contributed by atoms with E-state index in [0.717, 1.165) is 82.3 Å². The van der Waals surface area contributed by atoms with Crippen molar-refractivity contribution in [1.29, 1.82) is 0 Å². The second-order valence-corrected chi connectivity index (χ2v) is 13.5. The molecule has 1 unspecified atom stereocenters. The summed E-state index contributed by atoms with van der Waals surface area (Å²) in [5.74, 6) is 12.6. The van der Waals surface area contributed by atoms with Crippen LogP contribution in [0, 0.1) is 6.92 Å². The number of amides is 1. The van der Waals surface area contributed by atoms with Crippen molar-refractivity contribution < 1.29 is 14.3 Å². The summed E-state index contributed by atoms with van der Waals surface area (Å²) in [6, 6.07) is 19.0. The van der Waals surface area contributed by atoms with Gasteiger partial charge in [0.15, 0.2) is 0 Å². The number of nitrogens with two attached hydrogens (primary N) is 2. The molecule has 4 rings (SSSR count). The van der Waals surface area contributed by atoms with Crippen LogP contribution in [0.4, 0.5) is 11.4 Å². The summed E-state index contributed by atoms with van der Waals surface area (Å²) < 4.78 is 10.5. The molecular formula is C39H56Cl2N8O3. The number of aryl methyl sites for hydroxylation is 1. The zero-order valence-corrected chi connectivity index (χ0v) is 33.0. The lowest BCUT2D eigenvalue weighted by Crippen LogP contribution is -2.36. The molecule has 3 aromatic carbocycles. The van der Waals surface area contributed by atoms with Gasteiger partial charge in [0, 0.05) is 52.4 Å². The molecule has 0 spiro atoms. The number of hydrogen-bond acceptors (Lipinski definition) is 8. The van der Waals surface area contributed by atoms with Crippen molar-refractivity contribution in [2.45, 2.75) is 52.9 Å². The maximum atomic E-state index is 13.8. The highest BCUT2D eigenvalue weighted by molar-refractivity contribution is 6.42. The third kappa shape index (κ3) is 13.0. The predicted octanol–water partition coefficient (Wildman–Crippen LogP) is 7.33.